The number of nitrogens with one attached hydrogen (secondary N) is 1. The molecular weight excluding hydrogens is 410 g/mol. The van der Waals surface area contributed by atoms with Crippen LogP contribution >= 0.6 is 27.5 Å². The van der Waals surface area contributed by atoms with Crippen molar-refractivity contribution in [3.8, 4) is 5.88 Å². The van der Waals surface area contributed by atoms with Gasteiger partial charge in [0.25, 0.3) is 0 Å². The standard InChI is InChI=1S/C17H13BrClN3O3/c1-23-17-11(18)3-4-12(21-17)16-20-13(8-24-22-16)15-7-9-6-10(19)2-5-14(9)25-15/h2-7,13H,8H2,1H3,(H,20,22). The molecule has 0 radical (unpaired) electrons. The van der Waals surface area contributed by atoms with Crippen LogP contribution in [0.2, 0.25) is 5.02 Å². The van der Waals surface area contributed by atoms with Gasteiger partial charge in [0.1, 0.15) is 29.7 Å². The van der Waals surface area contributed by atoms with Gasteiger partial charge in [-0.25, -0.2) is 4.98 Å². The van der Waals surface area contributed by atoms with E-state index in [0.717, 1.165) is 21.2 Å². The summed E-state index contributed by atoms with van der Waals surface area (Å²) in [6.45, 7) is 0.352. The van der Waals surface area contributed by atoms with Crippen LogP contribution in [0.15, 0.2) is 50.4 Å². The smallest absolute Gasteiger partial charge is 0.228 e. The number of furan rings is 1. The Balaban J connectivity index is 1.62. The van der Waals surface area contributed by atoms with Gasteiger partial charge in [0.15, 0.2) is 5.84 Å². The van der Waals surface area contributed by atoms with E-state index in [4.69, 9.17) is 25.6 Å². The SMILES string of the molecule is COc1nc(C2=NOCC(c3cc4cc(Cl)ccc4o3)N2)ccc1Br. The Bertz CT molecular complexity index is 973. The van der Waals surface area contributed by atoms with Crippen LogP contribution in [-0.4, -0.2) is 24.5 Å². The average molecular weight is 423 g/mol. The molecule has 8 heteroatoms. The number of pyridine rings is 1. The molecule has 1 aromatic carbocycles. The summed E-state index contributed by atoms with van der Waals surface area (Å²) < 4.78 is 11.9. The van der Waals surface area contributed by atoms with Crippen LogP contribution < -0.4 is 10.1 Å². The van der Waals surface area contributed by atoms with Crippen molar-refractivity contribution in [3.05, 3.63) is 57.3 Å². The van der Waals surface area contributed by atoms with Crippen molar-refractivity contribution in [2.24, 2.45) is 5.16 Å². The normalized spacial score (nSPS) is 16.9. The van der Waals surface area contributed by atoms with Crippen LogP contribution in [0.4, 0.5) is 0 Å². The maximum Gasteiger partial charge on any atom is 0.228 e. The molecule has 1 N–H and O–H groups in total. The number of fused-ring (bicyclic) bond motifs is 1. The molecule has 1 aliphatic rings. The van der Waals surface area contributed by atoms with Gasteiger partial charge in [0, 0.05) is 10.4 Å². The van der Waals surface area contributed by atoms with Crippen molar-refractivity contribution < 1.29 is 14.0 Å². The number of hydrogen-bond acceptors (Lipinski definition) is 6. The second-order valence-electron chi connectivity index (χ2n) is 5.45. The average Bonchev–Trinajstić information content (AvgIpc) is 3.05. The molecule has 0 bridgehead atoms. The second-order valence-corrected chi connectivity index (χ2v) is 6.74. The monoisotopic (exact) mass is 421 g/mol. The summed E-state index contributed by atoms with van der Waals surface area (Å²) in [5.41, 5.74) is 1.39. The van der Waals surface area contributed by atoms with Crippen molar-refractivity contribution in [2.45, 2.75) is 6.04 Å². The second kappa shape index (κ2) is 6.57. The number of oxime groups is 1. The van der Waals surface area contributed by atoms with Gasteiger partial charge < -0.3 is 19.3 Å². The molecule has 0 fully saturated rings. The molecule has 6 nitrogen and oxygen atoms in total. The molecule has 0 saturated carbocycles. The number of aromatic nitrogens is 1. The first-order valence-electron chi connectivity index (χ1n) is 7.50. The molecule has 2 aromatic heterocycles. The van der Waals surface area contributed by atoms with Gasteiger partial charge in [-0.05, 0) is 52.3 Å². The highest BCUT2D eigenvalue weighted by Crippen LogP contribution is 2.28. The summed E-state index contributed by atoms with van der Waals surface area (Å²) in [4.78, 5) is 9.78. The third-order valence-electron chi connectivity index (χ3n) is 3.80. The zero-order valence-corrected chi connectivity index (χ0v) is 15.5. The number of hydrogen-bond donors (Lipinski definition) is 1. The fraction of sp³-hybridized carbons (Fsp3) is 0.176. The van der Waals surface area contributed by atoms with Crippen LogP contribution in [0.3, 0.4) is 0 Å². The minimum atomic E-state index is -0.185. The Kier molecular flexibility index (Phi) is 4.27. The number of nitrogens with zero attached hydrogens (tertiary/aromatic N) is 2. The molecule has 25 heavy (non-hydrogen) atoms. The van der Waals surface area contributed by atoms with Crippen LogP contribution in [0.5, 0.6) is 5.88 Å². The Morgan fingerprint density at radius 3 is 3.00 bits per heavy atom. The maximum absolute atomic E-state index is 6.03. The van der Waals surface area contributed by atoms with E-state index in [-0.39, 0.29) is 6.04 Å². The molecule has 128 valence electrons. The van der Waals surface area contributed by atoms with E-state index in [1.165, 1.54) is 0 Å². The lowest BCUT2D eigenvalue weighted by Crippen LogP contribution is -2.36. The lowest BCUT2D eigenvalue weighted by molar-refractivity contribution is 0.103. The van der Waals surface area contributed by atoms with Crippen molar-refractivity contribution >= 4 is 44.3 Å². The summed E-state index contributed by atoms with van der Waals surface area (Å²) in [6.07, 6.45) is 0. The fourth-order valence-electron chi connectivity index (χ4n) is 2.59. The van der Waals surface area contributed by atoms with Crippen molar-refractivity contribution in [2.75, 3.05) is 13.7 Å². The van der Waals surface area contributed by atoms with Crippen LogP contribution in [0.25, 0.3) is 11.0 Å². The van der Waals surface area contributed by atoms with E-state index in [1.807, 2.05) is 30.3 Å². The first kappa shape index (κ1) is 16.2. The van der Waals surface area contributed by atoms with Crippen molar-refractivity contribution in [1.82, 2.24) is 10.3 Å². The van der Waals surface area contributed by atoms with Crippen LogP contribution in [0, 0.1) is 0 Å². The zero-order chi connectivity index (χ0) is 17.4. The van der Waals surface area contributed by atoms with E-state index in [1.54, 1.807) is 13.2 Å². The van der Waals surface area contributed by atoms with Gasteiger partial charge >= 0.3 is 0 Å². The highest BCUT2D eigenvalue weighted by atomic mass is 79.9. The molecule has 1 unspecified atom stereocenters. The highest BCUT2D eigenvalue weighted by molar-refractivity contribution is 9.10. The Morgan fingerprint density at radius 2 is 2.16 bits per heavy atom. The first-order chi connectivity index (χ1) is 12.1. The predicted molar refractivity (Wildman–Crippen MR) is 98.1 cm³/mol. The first-order valence-corrected chi connectivity index (χ1v) is 8.67. The van der Waals surface area contributed by atoms with Gasteiger partial charge in [-0.2, -0.15) is 0 Å². The highest BCUT2D eigenvalue weighted by Gasteiger charge is 2.24. The van der Waals surface area contributed by atoms with E-state index >= 15 is 0 Å². The zero-order valence-electron chi connectivity index (χ0n) is 13.1. The number of methoxy groups -OCH3 is 1. The van der Waals surface area contributed by atoms with Gasteiger partial charge in [-0.3, -0.25) is 0 Å². The molecule has 0 spiro atoms. The van der Waals surface area contributed by atoms with Gasteiger partial charge in [0.2, 0.25) is 5.88 Å². The molecule has 0 aliphatic carbocycles. The summed E-state index contributed by atoms with van der Waals surface area (Å²) >= 11 is 9.42. The molecule has 0 amide bonds. The van der Waals surface area contributed by atoms with E-state index in [0.29, 0.717) is 29.0 Å². The number of rotatable bonds is 3. The Labute approximate surface area is 156 Å². The molecule has 0 saturated heterocycles. The van der Waals surface area contributed by atoms with E-state index in [2.05, 4.69) is 31.4 Å². The molecule has 3 aromatic rings. The topological polar surface area (TPSA) is 68.9 Å². The van der Waals surface area contributed by atoms with Gasteiger partial charge in [-0.15, -0.1) is 0 Å². The molecule has 3 heterocycles. The lowest BCUT2D eigenvalue weighted by atomic mass is 10.2. The summed E-state index contributed by atoms with van der Waals surface area (Å²) in [5, 5.41) is 8.96. The third kappa shape index (κ3) is 3.17. The quantitative estimate of drug-likeness (QED) is 0.682. The van der Waals surface area contributed by atoms with Crippen molar-refractivity contribution in [1.29, 1.82) is 0 Å². The summed E-state index contributed by atoms with van der Waals surface area (Å²) in [7, 11) is 1.56. The van der Waals surface area contributed by atoms with E-state index in [9.17, 15) is 0 Å². The third-order valence-corrected chi connectivity index (χ3v) is 4.64. The number of amidine groups is 1. The number of halogens is 2. The molecule has 1 aliphatic heterocycles. The number of benzene rings is 1. The summed E-state index contributed by atoms with van der Waals surface area (Å²) in [5.74, 6) is 1.73. The molecule has 4 rings (SSSR count). The Hall–Kier alpha value is -2.25. The Morgan fingerprint density at radius 1 is 1.28 bits per heavy atom. The number of ether oxygens (including phenoxy) is 1. The summed E-state index contributed by atoms with van der Waals surface area (Å²) in [6, 6.07) is 10.9. The van der Waals surface area contributed by atoms with Gasteiger partial charge in [0.05, 0.1) is 11.6 Å². The lowest BCUT2D eigenvalue weighted by Gasteiger charge is -2.22. The predicted octanol–water partition coefficient (Wildman–Crippen LogP) is 4.28. The van der Waals surface area contributed by atoms with E-state index < -0.39 is 0 Å². The van der Waals surface area contributed by atoms with Crippen molar-refractivity contribution in [3.63, 3.8) is 0 Å². The maximum atomic E-state index is 6.03. The van der Waals surface area contributed by atoms with Crippen LogP contribution in [-0.2, 0) is 4.84 Å². The molecular formula is C17H13BrClN3O3. The fourth-order valence-corrected chi connectivity index (χ4v) is 3.15. The van der Waals surface area contributed by atoms with Gasteiger partial charge in [-0.1, -0.05) is 16.8 Å². The minimum Gasteiger partial charge on any atom is -0.480 e. The molecule has 1 atom stereocenters. The minimum absolute atomic E-state index is 0.185. The van der Waals surface area contributed by atoms with Crippen LogP contribution in [0.1, 0.15) is 17.5 Å². The largest absolute Gasteiger partial charge is 0.480 e.